The number of carboxylic acids is 2. The van der Waals surface area contributed by atoms with Crippen LogP contribution in [-0.4, -0.2) is 46.6 Å². The maximum absolute atomic E-state index is 13.1. The maximum atomic E-state index is 13.1. The second kappa shape index (κ2) is 5.47. The highest BCUT2D eigenvalue weighted by Gasteiger charge is 2.67. The van der Waals surface area contributed by atoms with Crippen LogP contribution in [-0.2, 0) is 19.7 Å². The summed E-state index contributed by atoms with van der Waals surface area (Å²) in [5.41, 5.74) is 0. The third-order valence-electron chi connectivity index (χ3n) is 2.17. The highest BCUT2D eigenvalue weighted by molar-refractivity contribution is 7.86. The minimum atomic E-state index is -6.61. The third kappa shape index (κ3) is 4.00. The van der Waals surface area contributed by atoms with E-state index in [0.717, 1.165) is 0 Å². The molecular formula is C7H7F5O7S. The normalized spacial score (nSPS) is 16.5. The van der Waals surface area contributed by atoms with Gasteiger partial charge in [-0.2, -0.15) is 30.4 Å². The van der Waals surface area contributed by atoms with Crippen LogP contribution in [0.3, 0.4) is 0 Å². The molecule has 7 nitrogen and oxygen atoms in total. The molecule has 0 aliphatic rings. The SMILES string of the molecule is O=C(O)CC(C(=O)O)C(C(F)(F)F)C(F)(F)S(=O)(=O)O. The molecule has 0 saturated carbocycles. The zero-order valence-corrected chi connectivity index (χ0v) is 9.95. The van der Waals surface area contributed by atoms with Gasteiger partial charge in [-0.1, -0.05) is 0 Å². The van der Waals surface area contributed by atoms with Crippen LogP contribution in [0.4, 0.5) is 22.0 Å². The first-order valence-corrected chi connectivity index (χ1v) is 5.92. The molecule has 0 aliphatic heterocycles. The highest BCUT2D eigenvalue weighted by Crippen LogP contribution is 2.46. The fourth-order valence-corrected chi connectivity index (χ4v) is 1.97. The van der Waals surface area contributed by atoms with E-state index in [9.17, 15) is 40.0 Å². The quantitative estimate of drug-likeness (QED) is 0.486. The van der Waals surface area contributed by atoms with Crippen molar-refractivity contribution in [1.29, 1.82) is 0 Å². The first-order valence-electron chi connectivity index (χ1n) is 4.48. The van der Waals surface area contributed by atoms with Gasteiger partial charge < -0.3 is 10.2 Å². The Bertz CT molecular complexity index is 496. The average molecular weight is 330 g/mol. The Morgan fingerprint density at radius 3 is 1.65 bits per heavy atom. The topological polar surface area (TPSA) is 129 Å². The Kier molecular flexibility index (Phi) is 5.06. The molecule has 0 fully saturated rings. The lowest BCUT2D eigenvalue weighted by Crippen LogP contribution is -2.51. The van der Waals surface area contributed by atoms with Crippen LogP contribution in [0.25, 0.3) is 0 Å². The van der Waals surface area contributed by atoms with Gasteiger partial charge in [0, 0.05) is 0 Å². The molecule has 0 aliphatic carbocycles. The number of alkyl halides is 5. The van der Waals surface area contributed by atoms with Gasteiger partial charge in [-0.15, -0.1) is 0 Å². The molecule has 0 spiro atoms. The van der Waals surface area contributed by atoms with Crippen LogP contribution in [0.5, 0.6) is 0 Å². The first-order chi connectivity index (χ1) is 8.62. The molecule has 2 unspecified atom stereocenters. The second-order valence-electron chi connectivity index (χ2n) is 3.60. The van der Waals surface area contributed by atoms with Crippen LogP contribution in [0.15, 0.2) is 0 Å². The number of hydrogen-bond donors (Lipinski definition) is 3. The van der Waals surface area contributed by atoms with Crippen molar-refractivity contribution in [3.05, 3.63) is 0 Å². The van der Waals surface area contributed by atoms with Gasteiger partial charge in [-0.3, -0.25) is 14.1 Å². The van der Waals surface area contributed by atoms with Crippen molar-refractivity contribution in [2.75, 3.05) is 0 Å². The van der Waals surface area contributed by atoms with Crippen LogP contribution in [0.2, 0.25) is 0 Å². The second-order valence-corrected chi connectivity index (χ2v) is 5.09. The van der Waals surface area contributed by atoms with E-state index in [1.165, 1.54) is 0 Å². The molecule has 20 heavy (non-hydrogen) atoms. The first kappa shape index (κ1) is 18.5. The van der Waals surface area contributed by atoms with Crippen molar-refractivity contribution in [1.82, 2.24) is 0 Å². The Hall–Kier alpha value is -1.50. The molecule has 0 saturated heterocycles. The Morgan fingerprint density at radius 1 is 1.05 bits per heavy atom. The Labute approximate surface area is 107 Å². The van der Waals surface area contributed by atoms with Crippen LogP contribution in [0, 0.1) is 11.8 Å². The molecule has 0 amide bonds. The Morgan fingerprint density at radius 2 is 1.45 bits per heavy atom. The fraction of sp³-hybridized carbons (Fsp3) is 0.714. The van der Waals surface area contributed by atoms with E-state index in [1.807, 2.05) is 0 Å². The third-order valence-corrected chi connectivity index (χ3v) is 3.11. The number of halogens is 5. The molecule has 0 heterocycles. The van der Waals surface area contributed by atoms with Gasteiger partial charge in [0.05, 0.1) is 12.3 Å². The van der Waals surface area contributed by atoms with Gasteiger partial charge in [0.2, 0.25) is 0 Å². The zero-order valence-electron chi connectivity index (χ0n) is 9.13. The fourth-order valence-electron chi connectivity index (χ4n) is 1.35. The standard InChI is InChI=1S/C7H7F5O7S/c8-6(9,10)4(7(11,12)20(17,18)19)2(5(15)16)1-3(13)14/h2,4H,1H2,(H,13,14)(H,15,16)(H,17,18,19). The van der Waals surface area contributed by atoms with Crippen molar-refractivity contribution in [2.24, 2.45) is 11.8 Å². The van der Waals surface area contributed by atoms with E-state index < -0.39 is 51.7 Å². The van der Waals surface area contributed by atoms with Gasteiger partial charge in [-0.25, -0.2) is 0 Å². The Balaban J connectivity index is 6.04. The summed E-state index contributed by atoms with van der Waals surface area (Å²) in [6.45, 7) is 0. The summed E-state index contributed by atoms with van der Waals surface area (Å²) in [5.74, 6) is -12.5. The van der Waals surface area contributed by atoms with E-state index in [4.69, 9.17) is 14.8 Å². The minimum Gasteiger partial charge on any atom is -0.481 e. The van der Waals surface area contributed by atoms with Gasteiger partial charge in [-0.05, 0) is 0 Å². The monoisotopic (exact) mass is 330 g/mol. The zero-order chi connectivity index (χ0) is 16.5. The molecule has 13 heteroatoms. The highest BCUT2D eigenvalue weighted by atomic mass is 32.2. The lowest BCUT2D eigenvalue weighted by Gasteiger charge is -2.30. The molecule has 0 aromatic carbocycles. The average Bonchev–Trinajstić information content (AvgIpc) is 2.10. The van der Waals surface area contributed by atoms with E-state index >= 15 is 0 Å². The smallest absolute Gasteiger partial charge is 0.399 e. The lowest BCUT2D eigenvalue weighted by atomic mass is 9.89. The van der Waals surface area contributed by atoms with E-state index in [1.54, 1.807) is 0 Å². The number of aliphatic carboxylic acids is 2. The summed E-state index contributed by atoms with van der Waals surface area (Å²) in [6.07, 6.45) is -8.00. The number of carboxylic acid groups (broad SMARTS) is 2. The van der Waals surface area contributed by atoms with Gasteiger partial charge >= 0.3 is 33.5 Å². The summed E-state index contributed by atoms with van der Waals surface area (Å²) in [7, 11) is -6.61. The van der Waals surface area contributed by atoms with Crippen molar-refractivity contribution < 1.29 is 54.7 Å². The van der Waals surface area contributed by atoms with Crippen molar-refractivity contribution in [2.45, 2.75) is 17.9 Å². The van der Waals surface area contributed by atoms with E-state index in [0.29, 0.717) is 0 Å². The summed E-state index contributed by atoms with van der Waals surface area (Å²) in [6, 6.07) is 0. The number of carbonyl (C=O) groups is 2. The largest absolute Gasteiger partial charge is 0.481 e. The van der Waals surface area contributed by atoms with Crippen LogP contribution in [0.1, 0.15) is 6.42 Å². The summed E-state index contributed by atoms with van der Waals surface area (Å²) >= 11 is 0. The molecule has 0 aromatic heterocycles. The number of hydrogen-bond acceptors (Lipinski definition) is 4. The summed E-state index contributed by atoms with van der Waals surface area (Å²) < 4.78 is 92.5. The van der Waals surface area contributed by atoms with Gasteiger partial charge in [0.1, 0.15) is 5.92 Å². The van der Waals surface area contributed by atoms with Crippen LogP contribution >= 0.6 is 0 Å². The summed E-state index contributed by atoms with van der Waals surface area (Å²) in [4.78, 5) is 20.8. The lowest BCUT2D eigenvalue weighted by molar-refractivity contribution is -0.237. The maximum Gasteiger partial charge on any atom is 0.399 e. The molecular weight excluding hydrogens is 323 g/mol. The van der Waals surface area contributed by atoms with Crippen LogP contribution < -0.4 is 0 Å². The molecule has 0 aromatic rings. The van der Waals surface area contributed by atoms with Crippen molar-refractivity contribution >= 4 is 22.1 Å². The number of rotatable bonds is 6. The molecule has 0 radical (unpaired) electrons. The predicted octanol–water partition coefficient (Wildman–Crippen LogP) is 0.821. The summed E-state index contributed by atoms with van der Waals surface area (Å²) in [5, 5.41) is 10.7. The van der Waals surface area contributed by atoms with Gasteiger partial charge in [0.25, 0.3) is 0 Å². The molecule has 0 bridgehead atoms. The van der Waals surface area contributed by atoms with Gasteiger partial charge in [0.15, 0.2) is 0 Å². The van der Waals surface area contributed by atoms with Crippen molar-refractivity contribution in [3.8, 4) is 0 Å². The molecule has 3 N–H and O–H groups in total. The minimum absolute atomic E-state index is 1.91. The molecule has 2 atom stereocenters. The van der Waals surface area contributed by atoms with E-state index in [2.05, 4.69) is 0 Å². The molecule has 118 valence electrons. The van der Waals surface area contributed by atoms with E-state index in [-0.39, 0.29) is 0 Å². The molecule has 0 rings (SSSR count). The predicted molar refractivity (Wildman–Crippen MR) is 49.4 cm³/mol. The van der Waals surface area contributed by atoms with Crippen molar-refractivity contribution in [3.63, 3.8) is 0 Å².